The molecule has 0 radical (unpaired) electrons. The van der Waals surface area contributed by atoms with Gasteiger partial charge in [0, 0.05) is 42.4 Å². The Labute approximate surface area is 154 Å². The van der Waals surface area contributed by atoms with Crippen molar-refractivity contribution in [3.8, 4) is 11.6 Å². The van der Waals surface area contributed by atoms with Crippen LogP contribution in [0.15, 0.2) is 73.2 Å². The Hall–Kier alpha value is -4.07. The number of amides is 1. The van der Waals surface area contributed by atoms with Gasteiger partial charge in [0.1, 0.15) is 5.75 Å². The van der Waals surface area contributed by atoms with Crippen molar-refractivity contribution >= 4 is 23.4 Å². The van der Waals surface area contributed by atoms with Crippen molar-refractivity contribution in [1.82, 2.24) is 9.97 Å². The van der Waals surface area contributed by atoms with E-state index in [2.05, 4.69) is 15.3 Å². The SMILES string of the molecule is O=C(C=Cc1cccc([N+](=O)[O-])c1)Nc1cccc(Oc2cnccn2)c1. The molecule has 0 fully saturated rings. The van der Waals surface area contributed by atoms with Crippen molar-refractivity contribution in [2.75, 3.05) is 5.32 Å². The number of hydrogen-bond acceptors (Lipinski definition) is 6. The maximum absolute atomic E-state index is 12.1. The van der Waals surface area contributed by atoms with Gasteiger partial charge in [-0.25, -0.2) is 4.98 Å². The van der Waals surface area contributed by atoms with E-state index >= 15 is 0 Å². The standard InChI is InChI=1S/C19H14N4O4/c24-18(8-7-14-3-1-5-16(11-14)23(25)26)22-15-4-2-6-17(12-15)27-19-13-20-9-10-21-19/h1-13H,(H,22,24). The number of carbonyl (C=O) groups is 1. The number of nitro benzene ring substituents is 1. The van der Waals surface area contributed by atoms with Gasteiger partial charge in [-0.15, -0.1) is 0 Å². The maximum Gasteiger partial charge on any atom is 0.270 e. The van der Waals surface area contributed by atoms with Gasteiger partial charge in [-0.05, 0) is 23.8 Å². The van der Waals surface area contributed by atoms with Crippen molar-refractivity contribution in [3.05, 3.63) is 88.9 Å². The Kier molecular flexibility index (Phi) is 5.48. The molecular weight excluding hydrogens is 348 g/mol. The third-order valence-electron chi connectivity index (χ3n) is 3.37. The van der Waals surface area contributed by atoms with Crippen molar-refractivity contribution < 1.29 is 14.5 Å². The van der Waals surface area contributed by atoms with Crippen LogP contribution in [-0.4, -0.2) is 20.8 Å². The molecule has 0 bridgehead atoms. The zero-order valence-electron chi connectivity index (χ0n) is 14.0. The molecule has 0 aliphatic heterocycles. The number of anilines is 1. The summed E-state index contributed by atoms with van der Waals surface area (Å²) >= 11 is 0. The second-order valence-corrected chi connectivity index (χ2v) is 5.35. The minimum atomic E-state index is -0.486. The summed E-state index contributed by atoms with van der Waals surface area (Å²) in [4.78, 5) is 30.3. The third kappa shape index (κ3) is 5.20. The van der Waals surface area contributed by atoms with Gasteiger partial charge < -0.3 is 10.1 Å². The average molecular weight is 362 g/mol. The number of hydrogen-bond donors (Lipinski definition) is 1. The highest BCUT2D eigenvalue weighted by Crippen LogP contribution is 2.22. The Morgan fingerprint density at radius 3 is 2.78 bits per heavy atom. The maximum atomic E-state index is 12.1. The molecule has 1 heterocycles. The van der Waals surface area contributed by atoms with Crippen LogP contribution in [0.5, 0.6) is 11.6 Å². The first-order chi connectivity index (χ1) is 13.1. The normalized spacial score (nSPS) is 10.5. The second-order valence-electron chi connectivity index (χ2n) is 5.35. The zero-order chi connectivity index (χ0) is 19.1. The topological polar surface area (TPSA) is 107 Å². The van der Waals surface area contributed by atoms with E-state index in [0.717, 1.165) is 0 Å². The van der Waals surface area contributed by atoms with Crippen LogP contribution < -0.4 is 10.1 Å². The molecule has 0 saturated carbocycles. The number of nitro groups is 1. The smallest absolute Gasteiger partial charge is 0.270 e. The highest BCUT2D eigenvalue weighted by Gasteiger charge is 2.05. The van der Waals surface area contributed by atoms with Crippen LogP contribution in [0.2, 0.25) is 0 Å². The third-order valence-corrected chi connectivity index (χ3v) is 3.37. The number of carbonyl (C=O) groups excluding carboxylic acids is 1. The lowest BCUT2D eigenvalue weighted by molar-refractivity contribution is -0.384. The molecule has 0 spiro atoms. The number of non-ortho nitro benzene ring substituents is 1. The number of aromatic nitrogens is 2. The first-order valence-corrected chi connectivity index (χ1v) is 7.87. The quantitative estimate of drug-likeness (QED) is 0.406. The first kappa shape index (κ1) is 17.7. The highest BCUT2D eigenvalue weighted by atomic mass is 16.6. The molecule has 8 nitrogen and oxygen atoms in total. The summed E-state index contributed by atoms with van der Waals surface area (Å²) in [7, 11) is 0. The lowest BCUT2D eigenvalue weighted by Crippen LogP contribution is -2.07. The largest absolute Gasteiger partial charge is 0.437 e. The molecule has 3 rings (SSSR count). The summed E-state index contributed by atoms with van der Waals surface area (Å²) in [5, 5.41) is 13.5. The Bertz CT molecular complexity index is 990. The Balaban J connectivity index is 1.65. The first-order valence-electron chi connectivity index (χ1n) is 7.87. The predicted octanol–water partition coefficient (Wildman–Crippen LogP) is 3.83. The molecule has 2 aromatic carbocycles. The average Bonchev–Trinajstić information content (AvgIpc) is 2.68. The van der Waals surface area contributed by atoms with Gasteiger partial charge in [0.05, 0.1) is 11.1 Å². The molecule has 0 unspecified atom stereocenters. The molecule has 1 aromatic heterocycles. The van der Waals surface area contributed by atoms with Crippen LogP contribution in [0.1, 0.15) is 5.56 Å². The molecule has 27 heavy (non-hydrogen) atoms. The summed E-state index contributed by atoms with van der Waals surface area (Å²) in [6.07, 6.45) is 7.33. The monoisotopic (exact) mass is 362 g/mol. The zero-order valence-corrected chi connectivity index (χ0v) is 14.0. The molecule has 8 heteroatoms. The van der Waals surface area contributed by atoms with E-state index in [1.54, 1.807) is 36.4 Å². The molecule has 1 amide bonds. The Morgan fingerprint density at radius 2 is 2.00 bits per heavy atom. The summed E-state index contributed by atoms with van der Waals surface area (Å²) in [6, 6.07) is 12.8. The fourth-order valence-electron chi connectivity index (χ4n) is 2.19. The molecule has 134 valence electrons. The lowest BCUT2D eigenvalue weighted by Gasteiger charge is -2.06. The molecule has 0 aliphatic carbocycles. The van der Waals surface area contributed by atoms with E-state index in [4.69, 9.17) is 4.74 Å². The molecule has 1 N–H and O–H groups in total. The number of benzene rings is 2. The van der Waals surface area contributed by atoms with E-state index in [9.17, 15) is 14.9 Å². The number of ether oxygens (including phenoxy) is 1. The summed E-state index contributed by atoms with van der Waals surface area (Å²) in [5.41, 5.74) is 1.05. The fourth-order valence-corrected chi connectivity index (χ4v) is 2.19. The second kappa shape index (κ2) is 8.34. The lowest BCUT2D eigenvalue weighted by atomic mass is 10.2. The van der Waals surface area contributed by atoms with Crippen molar-refractivity contribution in [2.45, 2.75) is 0 Å². The number of nitrogens with one attached hydrogen (secondary N) is 1. The van der Waals surface area contributed by atoms with Gasteiger partial charge in [0.25, 0.3) is 5.69 Å². The van der Waals surface area contributed by atoms with E-state index < -0.39 is 4.92 Å². The van der Waals surface area contributed by atoms with Gasteiger partial charge in [-0.2, -0.15) is 0 Å². The van der Waals surface area contributed by atoms with Crippen LogP contribution in [0.3, 0.4) is 0 Å². The molecule has 3 aromatic rings. The molecule has 0 atom stereocenters. The van der Waals surface area contributed by atoms with Crippen LogP contribution in [0, 0.1) is 10.1 Å². The van der Waals surface area contributed by atoms with Crippen molar-refractivity contribution in [2.24, 2.45) is 0 Å². The van der Waals surface area contributed by atoms with Gasteiger partial charge in [0.2, 0.25) is 11.8 Å². The van der Waals surface area contributed by atoms with Crippen LogP contribution in [0.4, 0.5) is 11.4 Å². The number of nitrogens with zero attached hydrogens (tertiary/aromatic N) is 3. The predicted molar refractivity (Wildman–Crippen MR) is 99.3 cm³/mol. The van der Waals surface area contributed by atoms with E-state index in [1.165, 1.54) is 42.9 Å². The van der Waals surface area contributed by atoms with Crippen LogP contribution in [-0.2, 0) is 4.79 Å². The van der Waals surface area contributed by atoms with Gasteiger partial charge in [-0.1, -0.05) is 18.2 Å². The van der Waals surface area contributed by atoms with E-state index in [1.807, 2.05) is 0 Å². The van der Waals surface area contributed by atoms with Gasteiger partial charge >= 0.3 is 0 Å². The van der Waals surface area contributed by atoms with Crippen molar-refractivity contribution in [3.63, 3.8) is 0 Å². The van der Waals surface area contributed by atoms with Crippen LogP contribution in [0.25, 0.3) is 6.08 Å². The molecule has 0 saturated heterocycles. The van der Waals surface area contributed by atoms with Gasteiger partial charge in [0.15, 0.2) is 0 Å². The summed E-state index contributed by atoms with van der Waals surface area (Å²) in [6.45, 7) is 0. The van der Waals surface area contributed by atoms with Crippen molar-refractivity contribution in [1.29, 1.82) is 0 Å². The minimum Gasteiger partial charge on any atom is -0.437 e. The van der Waals surface area contributed by atoms with E-state index in [0.29, 0.717) is 22.9 Å². The van der Waals surface area contributed by atoms with Gasteiger partial charge in [-0.3, -0.25) is 19.9 Å². The van der Waals surface area contributed by atoms with Crippen LogP contribution >= 0.6 is 0 Å². The molecular formula is C19H14N4O4. The summed E-state index contributed by atoms with van der Waals surface area (Å²) < 4.78 is 5.56. The summed E-state index contributed by atoms with van der Waals surface area (Å²) in [5.74, 6) is 0.459. The Morgan fingerprint density at radius 1 is 1.15 bits per heavy atom. The highest BCUT2D eigenvalue weighted by molar-refractivity contribution is 6.02. The minimum absolute atomic E-state index is 0.0357. The van der Waals surface area contributed by atoms with E-state index in [-0.39, 0.29) is 11.6 Å². The number of rotatable bonds is 6. The molecule has 0 aliphatic rings. The fraction of sp³-hybridized carbons (Fsp3) is 0.